The average Bonchev–Trinajstić information content (AvgIpc) is 3.82. The molecule has 10 aromatic rings. The fourth-order valence-corrected chi connectivity index (χ4v) is 8.34. The molecule has 0 aliphatic heterocycles. The van der Waals surface area contributed by atoms with Crippen LogP contribution >= 0.6 is 0 Å². The van der Waals surface area contributed by atoms with E-state index in [0.717, 1.165) is 17.1 Å². The van der Waals surface area contributed by atoms with Gasteiger partial charge in [-0.1, -0.05) is 128 Å². The molecule has 3 nitrogen and oxygen atoms in total. The van der Waals surface area contributed by atoms with Crippen LogP contribution in [0.15, 0.2) is 183 Å². The van der Waals surface area contributed by atoms with Crippen molar-refractivity contribution in [3.8, 4) is 28.2 Å². The van der Waals surface area contributed by atoms with Gasteiger partial charge in [0.15, 0.2) is 0 Å². The Balaban J connectivity index is 1.19. The minimum atomic E-state index is 1.13. The second-order valence-corrected chi connectivity index (χ2v) is 13.4. The zero-order valence-electron chi connectivity index (χ0n) is 28.9. The predicted molar refractivity (Wildman–Crippen MR) is 221 cm³/mol. The Labute approximate surface area is 302 Å². The number of para-hydroxylation sites is 3. The van der Waals surface area contributed by atoms with Crippen LogP contribution in [0.3, 0.4) is 0 Å². The highest BCUT2D eigenvalue weighted by Gasteiger charge is 2.21. The number of nitrogens with zero attached hydrogens (tertiary/aromatic N) is 3. The minimum Gasteiger partial charge on any atom is -0.313 e. The van der Waals surface area contributed by atoms with Crippen LogP contribution in [0.4, 0.5) is 0 Å². The summed E-state index contributed by atoms with van der Waals surface area (Å²) in [6.45, 7) is 6.09. The number of rotatable bonds is 6. The summed E-state index contributed by atoms with van der Waals surface area (Å²) in [5.74, 6) is 0. The van der Waals surface area contributed by atoms with E-state index in [1.54, 1.807) is 0 Å². The quantitative estimate of drug-likeness (QED) is 0.157. The van der Waals surface area contributed by atoms with Crippen molar-refractivity contribution in [3.05, 3.63) is 194 Å². The topological polar surface area (TPSA) is 14.8 Å². The van der Waals surface area contributed by atoms with Crippen LogP contribution in [-0.4, -0.2) is 13.7 Å². The number of allylic oxidation sites excluding steroid dienone is 2. The van der Waals surface area contributed by atoms with Gasteiger partial charge in [-0.3, -0.25) is 0 Å². The van der Waals surface area contributed by atoms with E-state index in [9.17, 15) is 0 Å². The largest absolute Gasteiger partial charge is 0.313 e. The van der Waals surface area contributed by atoms with Crippen LogP contribution in [0.2, 0.25) is 0 Å². The molecule has 246 valence electrons. The molecule has 0 radical (unpaired) electrons. The maximum absolute atomic E-state index is 3.89. The highest BCUT2D eigenvalue weighted by Crippen LogP contribution is 2.42. The van der Waals surface area contributed by atoms with E-state index < -0.39 is 0 Å². The smallest absolute Gasteiger partial charge is 0.0641 e. The summed E-state index contributed by atoms with van der Waals surface area (Å²) in [6, 6.07) is 59.5. The molecule has 52 heavy (non-hydrogen) atoms. The lowest BCUT2D eigenvalue weighted by molar-refractivity contribution is 1.05. The van der Waals surface area contributed by atoms with Gasteiger partial charge in [0.1, 0.15) is 0 Å². The van der Waals surface area contributed by atoms with E-state index in [1.807, 2.05) is 12.2 Å². The number of aromatic nitrogens is 3. The van der Waals surface area contributed by atoms with Gasteiger partial charge in [-0.25, -0.2) is 0 Å². The first kappa shape index (κ1) is 30.0. The molecule has 0 bridgehead atoms. The molecule has 0 aliphatic rings. The molecule has 10 rings (SSSR count). The Morgan fingerprint density at radius 2 is 0.942 bits per heavy atom. The number of fused-ring (bicyclic) bond motifs is 8. The summed E-state index contributed by atoms with van der Waals surface area (Å²) in [5, 5.41) is 6.24. The van der Waals surface area contributed by atoms with Crippen LogP contribution in [0.25, 0.3) is 88.8 Å². The van der Waals surface area contributed by atoms with Crippen LogP contribution in [0.1, 0.15) is 11.3 Å². The Hall–Kier alpha value is -6.84. The van der Waals surface area contributed by atoms with Crippen molar-refractivity contribution < 1.29 is 0 Å². The average molecular weight is 666 g/mol. The molecule has 0 fully saturated rings. The minimum absolute atomic E-state index is 1.13. The first-order chi connectivity index (χ1) is 25.7. The molecular formula is C49H35N3. The lowest BCUT2D eigenvalue weighted by Crippen LogP contribution is -1.99. The molecule has 3 heterocycles. The molecule has 0 saturated carbocycles. The Morgan fingerprint density at radius 1 is 0.423 bits per heavy atom. The van der Waals surface area contributed by atoms with E-state index in [1.165, 1.54) is 76.9 Å². The molecule has 0 N–H and O–H groups in total. The van der Waals surface area contributed by atoms with Gasteiger partial charge < -0.3 is 13.7 Å². The van der Waals surface area contributed by atoms with Gasteiger partial charge in [-0.05, 0) is 78.7 Å². The first-order valence-electron chi connectivity index (χ1n) is 17.8. The first-order valence-corrected chi connectivity index (χ1v) is 17.8. The molecule has 0 amide bonds. The summed E-state index contributed by atoms with van der Waals surface area (Å²) in [7, 11) is 0. The SMILES string of the molecule is C=C/C=C\c1c(C)n(-c2ccc(-n3c4ccccc4c4c3ccc3c5ccccc5n(-c5ccc(-c6ccccc6)cc5)c34)cc2)c2ccccc12. The van der Waals surface area contributed by atoms with Gasteiger partial charge in [0.05, 0.1) is 27.6 Å². The Bertz CT molecular complexity index is 3000. The molecule has 3 heteroatoms. The second-order valence-electron chi connectivity index (χ2n) is 13.4. The van der Waals surface area contributed by atoms with Gasteiger partial charge in [0, 0.05) is 55.3 Å². The summed E-state index contributed by atoms with van der Waals surface area (Å²) >= 11 is 0. The zero-order valence-corrected chi connectivity index (χ0v) is 28.9. The monoisotopic (exact) mass is 665 g/mol. The molecule has 7 aromatic carbocycles. The van der Waals surface area contributed by atoms with Gasteiger partial charge in [-0.15, -0.1) is 0 Å². The fraction of sp³-hybridized carbons (Fsp3) is 0.0204. The van der Waals surface area contributed by atoms with E-state index in [-0.39, 0.29) is 0 Å². The standard InChI is InChI=1S/C49H35N3/c1-3-4-16-39-33(2)50(44-20-11-8-17-40(39)44)36-27-29-37(30-28-36)51-46-22-13-10-19-43(46)48-47(51)32-31-42-41-18-9-12-21-45(41)52(49(42)48)38-25-23-35(24-26-38)34-14-6-5-7-15-34/h3-32H,1H2,2H3/b16-4-. The fourth-order valence-electron chi connectivity index (χ4n) is 8.34. The van der Waals surface area contributed by atoms with Crippen LogP contribution < -0.4 is 0 Å². The highest BCUT2D eigenvalue weighted by atomic mass is 15.0. The maximum atomic E-state index is 3.89. The Morgan fingerprint density at radius 3 is 1.63 bits per heavy atom. The van der Waals surface area contributed by atoms with Gasteiger partial charge in [0.2, 0.25) is 0 Å². The van der Waals surface area contributed by atoms with Crippen molar-refractivity contribution in [1.29, 1.82) is 0 Å². The van der Waals surface area contributed by atoms with Gasteiger partial charge in [0.25, 0.3) is 0 Å². The number of hydrogen-bond donors (Lipinski definition) is 0. The lowest BCUT2D eigenvalue weighted by atomic mass is 10.1. The normalized spacial score (nSPS) is 11.9. The summed E-state index contributed by atoms with van der Waals surface area (Å²) in [4.78, 5) is 0. The van der Waals surface area contributed by atoms with Crippen LogP contribution in [0, 0.1) is 6.92 Å². The molecule has 0 spiro atoms. The van der Waals surface area contributed by atoms with E-state index in [2.05, 4.69) is 197 Å². The zero-order chi connectivity index (χ0) is 34.8. The van der Waals surface area contributed by atoms with Gasteiger partial charge >= 0.3 is 0 Å². The van der Waals surface area contributed by atoms with E-state index >= 15 is 0 Å². The third-order valence-electron chi connectivity index (χ3n) is 10.6. The van der Waals surface area contributed by atoms with Crippen molar-refractivity contribution in [3.63, 3.8) is 0 Å². The molecule has 3 aromatic heterocycles. The van der Waals surface area contributed by atoms with Crippen molar-refractivity contribution in [2.75, 3.05) is 0 Å². The molecule has 0 aliphatic carbocycles. The number of hydrogen-bond acceptors (Lipinski definition) is 0. The highest BCUT2D eigenvalue weighted by molar-refractivity contribution is 6.26. The summed E-state index contributed by atoms with van der Waals surface area (Å²) in [5.41, 5.74) is 14.3. The molecule has 0 saturated heterocycles. The van der Waals surface area contributed by atoms with Gasteiger partial charge in [-0.2, -0.15) is 0 Å². The third kappa shape index (κ3) is 4.46. The van der Waals surface area contributed by atoms with Crippen molar-refractivity contribution in [2.45, 2.75) is 6.92 Å². The molecule has 0 atom stereocenters. The molecular weight excluding hydrogens is 631 g/mol. The van der Waals surface area contributed by atoms with E-state index in [4.69, 9.17) is 0 Å². The predicted octanol–water partition coefficient (Wildman–Crippen LogP) is 13.0. The third-order valence-corrected chi connectivity index (χ3v) is 10.6. The van der Waals surface area contributed by atoms with Crippen molar-refractivity contribution in [1.82, 2.24) is 13.7 Å². The van der Waals surface area contributed by atoms with Crippen molar-refractivity contribution >= 4 is 60.6 Å². The maximum Gasteiger partial charge on any atom is 0.0641 e. The second kappa shape index (κ2) is 11.9. The summed E-state index contributed by atoms with van der Waals surface area (Å²) in [6.07, 6.45) is 6.01. The number of benzene rings is 7. The van der Waals surface area contributed by atoms with E-state index in [0.29, 0.717) is 0 Å². The van der Waals surface area contributed by atoms with Crippen molar-refractivity contribution in [2.24, 2.45) is 0 Å². The molecule has 0 unspecified atom stereocenters. The Kier molecular flexibility index (Phi) is 6.87. The van der Waals surface area contributed by atoms with Crippen LogP contribution in [0.5, 0.6) is 0 Å². The summed E-state index contributed by atoms with van der Waals surface area (Å²) < 4.78 is 7.24. The lowest BCUT2D eigenvalue weighted by Gasteiger charge is -2.13. The van der Waals surface area contributed by atoms with Crippen LogP contribution in [-0.2, 0) is 0 Å².